The van der Waals surface area contributed by atoms with Crippen LogP contribution in [0.5, 0.6) is 0 Å². The molecule has 0 radical (unpaired) electrons. The van der Waals surface area contributed by atoms with Gasteiger partial charge in [0.05, 0.1) is 19.6 Å². The summed E-state index contributed by atoms with van der Waals surface area (Å²) in [5, 5.41) is 24.9. The fraction of sp³-hybridized carbons (Fsp3) is 0.250. The lowest BCUT2D eigenvalue weighted by atomic mass is 9.94. The molecule has 2 aromatic carbocycles. The molecule has 0 unspecified atom stereocenters. The first kappa shape index (κ1) is 21.7. The molecule has 1 aromatic heterocycles. The number of alkyl carbamates (subject to hydrolysis) is 1. The Morgan fingerprint density at radius 2 is 1.71 bits per heavy atom. The first-order chi connectivity index (χ1) is 16.4. The van der Waals surface area contributed by atoms with Crippen molar-refractivity contribution in [1.82, 2.24) is 15.4 Å². The smallest absolute Gasteiger partial charge is 0.407 e. The van der Waals surface area contributed by atoms with Crippen LogP contribution in [0.1, 0.15) is 33.3 Å². The van der Waals surface area contributed by atoms with Crippen LogP contribution in [0.2, 0.25) is 0 Å². The zero-order valence-electron chi connectivity index (χ0n) is 17.9. The van der Waals surface area contributed by atoms with Crippen molar-refractivity contribution in [2.75, 3.05) is 19.7 Å². The number of nitrogens with zero attached hydrogens (tertiary/aromatic N) is 2. The number of ether oxygens (including phenoxy) is 1. The molecule has 2 heterocycles. The zero-order chi connectivity index (χ0) is 23.9. The highest BCUT2D eigenvalue weighted by atomic mass is 16.5. The van der Waals surface area contributed by atoms with Gasteiger partial charge in [-0.3, -0.25) is 4.79 Å². The number of amides is 2. The van der Waals surface area contributed by atoms with Crippen LogP contribution in [0.4, 0.5) is 4.79 Å². The van der Waals surface area contributed by atoms with Gasteiger partial charge in [0, 0.05) is 12.0 Å². The molecule has 0 saturated carbocycles. The van der Waals surface area contributed by atoms with Crippen molar-refractivity contribution in [1.29, 1.82) is 0 Å². The third-order valence-electron chi connectivity index (χ3n) is 6.12. The predicted octanol–water partition coefficient (Wildman–Crippen LogP) is 1.98. The molecule has 3 aromatic rings. The summed E-state index contributed by atoms with van der Waals surface area (Å²) >= 11 is 0. The van der Waals surface area contributed by atoms with Gasteiger partial charge < -0.3 is 29.7 Å². The van der Waals surface area contributed by atoms with Crippen LogP contribution in [0.3, 0.4) is 0 Å². The minimum atomic E-state index is -1.94. The number of nitrogens with one attached hydrogen (secondary N) is 1. The number of hydrogen-bond donors (Lipinski definition) is 3. The van der Waals surface area contributed by atoms with Crippen LogP contribution < -0.4 is 5.32 Å². The second kappa shape index (κ2) is 8.31. The second-order valence-electron chi connectivity index (χ2n) is 8.36. The number of likely N-dealkylation sites (tertiary alicyclic amines) is 1. The Kier molecular flexibility index (Phi) is 5.29. The zero-order valence-corrected chi connectivity index (χ0v) is 17.9. The average molecular weight is 463 g/mol. The van der Waals surface area contributed by atoms with Crippen molar-refractivity contribution in [2.24, 2.45) is 0 Å². The summed E-state index contributed by atoms with van der Waals surface area (Å²) in [6.07, 6.45) is -0.639. The van der Waals surface area contributed by atoms with Crippen LogP contribution in [-0.4, -0.2) is 63.5 Å². The average Bonchev–Trinajstić information content (AvgIpc) is 3.42. The molecule has 1 fully saturated rings. The summed E-state index contributed by atoms with van der Waals surface area (Å²) in [6.45, 7) is -0.541. The van der Waals surface area contributed by atoms with Gasteiger partial charge in [-0.05, 0) is 22.3 Å². The lowest BCUT2D eigenvalue weighted by molar-refractivity contribution is -0.173. The van der Waals surface area contributed by atoms with E-state index in [1.165, 1.54) is 6.07 Å². The summed E-state index contributed by atoms with van der Waals surface area (Å²) in [5.74, 6) is -1.79. The van der Waals surface area contributed by atoms with E-state index in [1.807, 2.05) is 36.4 Å². The van der Waals surface area contributed by atoms with Gasteiger partial charge in [0.15, 0.2) is 17.1 Å². The van der Waals surface area contributed by atoms with Crippen molar-refractivity contribution in [3.8, 4) is 11.1 Å². The maximum atomic E-state index is 12.3. The molecule has 174 valence electrons. The van der Waals surface area contributed by atoms with Gasteiger partial charge in [-0.15, -0.1) is 0 Å². The molecule has 5 rings (SSSR count). The summed E-state index contributed by atoms with van der Waals surface area (Å²) in [4.78, 5) is 36.7. The number of aliphatic hydroxyl groups is 1. The van der Waals surface area contributed by atoms with Crippen molar-refractivity contribution in [3.63, 3.8) is 0 Å². The molecule has 0 atom stereocenters. The summed E-state index contributed by atoms with van der Waals surface area (Å²) < 4.78 is 10.5. The number of benzene rings is 2. The molecule has 34 heavy (non-hydrogen) atoms. The molecule has 0 bridgehead atoms. The van der Waals surface area contributed by atoms with Crippen molar-refractivity contribution in [2.45, 2.75) is 18.1 Å². The number of carboxylic acid groups (broad SMARTS) is 1. The number of carbonyl (C=O) groups excluding carboxylic acids is 2. The standard InChI is InChI=1S/C24H21N3O7/c28-21(27-12-24(32,13-27)22(29)30)20-9-14(34-26-20)10-25-23(31)33-11-19-17-7-3-1-5-15(17)16-6-2-4-8-18(16)19/h1-9,19,32H,10-13H2,(H,25,31)(H,29,30). The van der Waals surface area contributed by atoms with E-state index in [-0.39, 0.29) is 43.6 Å². The molecular weight excluding hydrogens is 442 g/mol. The minimum absolute atomic E-state index is 0.0447. The van der Waals surface area contributed by atoms with Gasteiger partial charge in [-0.25, -0.2) is 9.59 Å². The summed E-state index contributed by atoms with van der Waals surface area (Å²) in [5.41, 5.74) is 2.50. The predicted molar refractivity (Wildman–Crippen MR) is 117 cm³/mol. The van der Waals surface area contributed by atoms with E-state index >= 15 is 0 Å². The van der Waals surface area contributed by atoms with Crippen LogP contribution in [0.15, 0.2) is 59.1 Å². The van der Waals surface area contributed by atoms with Crippen molar-refractivity contribution >= 4 is 18.0 Å². The van der Waals surface area contributed by atoms with Crippen LogP contribution in [0, 0.1) is 0 Å². The highest BCUT2D eigenvalue weighted by Gasteiger charge is 2.50. The number of carbonyl (C=O) groups is 3. The first-order valence-electron chi connectivity index (χ1n) is 10.7. The van der Waals surface area contributed by atoms with Crippen molar-refractivity contribution < 1.29 is 33.9 Å². The Bertz CT molecular complexity index is 1230. The Morgan fingerprint density at radius 3 is 2.32 bits per heavy atom. The lowest BCUT2D eigenvalue weighted by Gasteiger charge is -2.42. The Morgan fingerprint density at radius 1 is 1.09 bits per heavy atom. The normalized spacial score (nSPS) is 15.7. The van der Waals surface area contributed by atoms with E-state index in [4.69, 9.17) is 14.4 Å². The van der Waals surface area contributed by atoms with Gasteiger partial charge in [-0.2, -0.15) is 0 Å². The quantitative estimate of drug-likeness (QED) is 0.504. The highest BCUT2D eigenvalue weighted by molar-refractivity contribution is 5.95. The van der Waals surface area contributed by atoms with Crippen LogP contribution >= 0.6 is 0 Å². The molecule has 1 aliphatic carbocycles. The molecule has 2 amide bonds. The number of hydrogen-bond acceptors (Lipinski definition) is 7. The third kappa shape index (κ3) is 3.77. The highest BCUT2D eigenvalue weighted by Crippen LogP contribution is 2.44. The molecule has 3 N–H and O–H groups in total. The van der Waals surface area contributed by atoms with E-state index in [0.29, 0.717) is 0 Å². The van der Waals surface area contributed by atoms with E-state index in [2.05, 4.69) is 22.6 Å². The first-order valence-corrected chi connectivity index (χ1v) is 10.7. The summed E-state index contributed by atoms with van der Waals surface area (Å²) in [7, 11) is 0. The maximum Gasteiger partial charge on any atom is 0.407 e. The lowest BCUT2D eigenvalue weighted by Crippen LogP contribution is -2.67. The van der Waals surface area contributed by atoms with E-state index in [0.717, 1.165) is 27.2 Å². The van der Waals surface area contributed by atoms with Gasteiger partial charge in [0.1, 0.15) is 6.61 Å². The van der Waals surface area contributed by atoms with Gasteiger partial charge >= 0.3 is 12.1 Å². The number of carboxylic acids is 1. The fourth-order valence-electron chi connectivity index (χ4n) is 4.33. The molecule has 0 spiro atoms. The van der Waals surface area contributed by atoms with Gasteiger partial charge in [0.2, 0.25) is 0 Å². The van der Waals surface area contributed by atoms with Gasteiger partial charge in [0.25, 0.3) is 5.91 Å². The number of aromatic nitrogens is 1. The minimum Gasteiger partial charge on any atom is -0.479 e. The molecule has 10 nitrogen and oxygen atoms in total. The maximum absolute atomic E-state index is 12.3. The number of fused-ring (bicyclic) bond motifs is 3. The summed E-state index contributed by atoms with van der Waals surface area (Å²) in [6, 6.07) is 17.4. The largest absolute Gasteiger partial charge is 0.479 e. The second-order valence-corrected chi connectivity index (χ2v) is 8.36. The van der Waals surface area contributed by atoms with Crippen LogP contribution in [0.25, 0.3) is 11.1 Å². The van der Waals surface area contributed by atoms with E-state index < -0.39 is 23.6 Å². The fourth-order valence-corrected chi connectivity index (χ4v) is 4.33. The SMILES string of the molecule is O=C(NCc1cc(C(=O)N2CC(O)(C(=O)O)C2)no1)OCC1c2ccccc2-c2ccccc21. The molecular formula is C24H21N3O7. The number of rotatable bonds is 6. The molecule has 1 aliphatic heterocycles. The molecule has 1 saturated heterocycles. The van der Waals surface area contributed by atoms with E-state index in [1.54, 1.807) is 0 Å². The molecule has 2 aliphatic rings. The van der Waals surface area contributed by atoms with Gasteiger partial charge in [-0.1, -0.05) is 53.7 Å². The molecule has 10 heteroatoms. The Labute approximate surface area is 193 Å². The van der Waals surface area contributed by atoms with Crippen molar-refractivity contribution in [3.05, 3.63) is 77.2 Å². The number of aliphatic carboxylic acids is 1. The monoisotopic (exact) mass is 463 g/mol. The Hall–Kier alpha value is -4.18. The Balaban J connectivity index is 1.14. The van der Waals surface area contributed by atoms with Crippen LogP contribution in [-0.2, 0) is 16.1 Å². The topological polar surface area (TPSA) is 142 Å². The number of β-amino-alcohol motifs (C(OH)–C–C–N with tert-alkyl or cyclic N) is 1. The third-order valence-corrected chi connectivity index (χ3v) is 6.12. The van der Waals surface area contributed by atoms with E-state index in [9.17, 15) is 19.5 Å².